The van der Waals surface area contributed by atoms with Crippen LogP contribution in [0.2, 0.25) is 5.02 Å². The Morgan fingerprint density at radius 3 is 2.95 bits per heavy atom. The Kier molecular flexibility index (Phi) is 3.96. The summed E-state index contributed by atoms with van der Waals surface area (Å²) in [6.07, 6.45) is 0. The van der Waals surface area contributed by atoms with Gasteiger partial charge in [-0.25, -0.2) is 4.98 Å². The van der Waals surface area contributed by atoms with E-state index in [4.69, 9.17) is 21.6 Å². The summed E-state index contributed by atoms with van der Waals surface area (Å²) in [4.78, 5) is 6.53. The zero-order valence-electron chi connectivity index (χ0n) is 12.4. The van der Waals surface area contributed by atoms with Gasteiger partial charge in [0.15, 0.2) is 11.6 Å². The van der Waals surface area contributed by atoms with E-state index in [9.17, 15) is 0 Å². The molecule has 0 aliphatic carbocycles. The number of aryl methyl sites for hydroxylation is 1. The third kappa shape index (κ3) is 2.51. The van der Waals surface area contributed by atoms with Gasteiger partial charge in [0.05, 0.1) is 22.8 Å². The molecule has 0 aromatic carbocycles. The number of nitriles is 1. The number of ether oxygens (including phenoxy) is 1. The molecule has 0 fully saturated rings. The molecule has 7 nitrogen and oxygen atoms in total. The molecule has 3 rings (SSSR count). The third-order valence-corrected chi connectivity index (χ3v) is 3.95. The Morgan fingerprint density at radius 1 is 1.41 bits per heavy atom. The molecule has 0 saturated carbocycles. The molecule has 0 saturated heterocycles. The van der Waals surface area contributed by atoms with Crippen LogP contribution in [0.4, 0.5) is 5.82 Å². The zero-order valence-corrected chi connectivity index (χ0v) is 13.1. The van der Waals surface area contributed by atoms with Gasteiger partial charge in [0, 0.05) is 20.2 Å². The predicted molar refractivity (Wildman–Crippen MR) is 80.5 cm³/mol. The number of nitrogens with zero attached hydrogens (tertiary/aromatic N) is 6. The highest BCUT2D eigenvalue weighted by Crippen LogP contribution is 2.28. The molecule has 0 spiro atoms. The van der Waals surface area contributed by atoms with Gasteiger partial charge >= 0.3 is 0 Å². The Labute approximate surface area is 133 Å². The van der Waals surface area contributed by atoms with Crippen LogP contribution in [0.3, 0.4) is 0 Å². The van der Waals surface area contributed by atoms with E-state index in [0.29, 0.717) is 35.2 Å². The highest BCUT2D eigenvalue weighted by Gasteiger charge is 2.24. The number of pyridine rings is 1. The van der Waals surface area contributed by atoms with Crippen LogP contribution < -0.4 is 4.90 Å². The second kappa shape index (κ2) is 5.91. The van der Waals surface area contributed by atoms with Gasteiger partial charge < -0.3 is 14.2 Å². The number of anilines is 1. The van der Waals surface area contributed by atoms with Crippen molar-refractivity contribution in [3.63, 3.8) is 0 Å². The summed E-state index contributed by atoms with van der Waals surface area (Å²) >= 11 is 6.28. The number of hydrogen-bond acceptors (Lipinski definition) is 6. The van der Waals surface area contributed by atoms with E-state index in [0.717, 1.165) is 24.7 Å². The van der Waals surface area contributed by atoms with Crippen LogP contribution in [0.15, 0.2) is 6.07 Å². The Bertz CT molecular complexity index is 751. The van der Waals surface area contributed by atoms with Crippen LogP contribution in [0.5, 0.6) is 0 Å². The van der Waals surface area contributed by atoms with Crippen molar-refractivity contribution in [2.24, 2.45) is 0 Å². The normalized spacial score (nSPS) is 13.8. The number of hydrogen-bond donors (Lipinski definition) is 0. The first-order valence-corrected chi connectivity index (χ1v) is 7.24. The van der Waals surface area contributed by atoms with Gasteiger partial charge in [-0.3, -0.25) is 0 Å². The maximum atomic E-state index is 9.03. The molecule has 0 N–H and O–H groups in total. The van der Waals surface area contributed by atoms with Gasteiger partial charge in [0.2, 0.25) is 0 Å². The number of rotatable bonds is 3. The van der Waals surface area contributed by atoms with Crippen molar-refractivity contribution in [1.82, 2.24) is 19.7 Å². The minimum atomic E-state index is 0.446. The van der Waals surface area contributed by atoms with E-state index >= 15 is 0 Å². The zero-order chi connectivity index (χ0) is 15.7. The van der Waals surface area contributed by atoms with Crippen LogP contribution in [-0.2, 0) is 24.4 Å². The lowest BCUT2D eigenvalue weighted by Gasteiger charge is -2.29. The summed E-state index contributed by atoms with van der Waals surface area (Å²) in [5.41, 5.74) is 1.17. The first-order chi connectivity index (χ1) is 10.6. The summed E-state index contributed by atoms with van der Waals surface area (Å²) in [5, 5.41) is 17.9. The largest absolute Gasteiger partial charge is 0.377 e. The lowest BCUT2D eigenvalue weighted by atomic mass is 10.2. The molecular formula is C14H15ClN6O. The Morgan fingerprint density at radius 2 is 2.23 bits per heavy atom. The quantitative estimate of drug-likeness (QED) is 0.856. The Balaban J connectivity index is 1.89. The van der Waals surface area contributed by atoms with E-state index < -0.39 is 0 Å². The van der Waals surface area contributed by atoms with Crippen LogP contribution >= 0.6 is 11.6 Å². The van der Waals surface area contributed by atoms with E-state index in [1.807, 2.05) is 6.92 Å². The second-order valence-electron chi connectivity index (χ2n) is 5.08. The SMILES string of the molecule is COCc1nnc2n1CCN(c1nc(C)c(C#N)cc1Cl)C2. The number of methoxy groups -OCH3 is 1. The van der Waals surface area contributed by atoms with E-state index in [1.165, 1.54) is 0 Å². The number of fused-ring (bicyclic) bond motifs is 1. The summed E-state index contributed by atoms with van der Waals surface area (Å²) in [6.45, 7) is 4.33. The second-order valence-corrected chi connectivity index (χ2v) is 5.48. The van der Waals surface area contributed by atoms with Crippen molar-refractivity contribution < 1.29 is 4.74 Å². The first kappa shape index (κ1) is 14.8. The standard InChI is InChI=1S/C14H15ClN6O/c1-9-10(6-16)5-11(15)14(17-9)20-3-4-21-12(7-20)18-19-13(21)8-22-2/h5H,3-4,7-8H2,1-2H3. The molecule has 1 aliphatic heterocycles. The fourth-order valence-electron chi connectivity index (χ4n) is 2.54. The molecule has 114 valence electrons. The lowest BCUT2D eigenvalue weighted by molar-refractivity contribution is 0.173. The third-order valence-electron chi connectivity index (χ3n) is 3.67. The molecule has 0 amide bonds. The molecule has 8 heteroatoms. The molecule has 1 aliphatic rings. The number of halogens is 1. The van der Waals surface area contributed by atoms with Gasteiger partial charge in [-0.15, -0.1) is 10.2 Å². The van der Waals surface area contributed by atoms with Crippen molar-refractivity contribution >= 4 is 17.4 Å². The van der Waals surface area contributed by atoms with Crippen LogP contribution in [-0.4, -0.2) is 33.4 Å². The van der Waals surface area contributed by atoms with Gasteiger partial charge in [-0.05, 0) is 13.0 Å². The fraction of sp³-hybridized carbons (Fsp3) is 0.429. The predicted octanol–water partition coefficient (Wildman–Crippen LogP) is 1.67. The molecule has 0 unspecified atom stereocenters. The minimum absolute atomic E-state index is 0.446. The average Bonchev–Trinajstić information content (AvgIpc) is 2.92. The fourth-order valence-corrected chi connectivity index (χ4v) is 2.81. The summed E-state index contributed by atoms with van der Waals surface area (Å²) in [7, 11) is 1.64. The van der Waals surface area contributed by atoms with Gasteiger partial charge in [-0.1, -0.05) is 11.6 Å². The molecule has 3 heterocycles. The van der Waals surface area contributed by atoms with Crippen molar-refractivity contribution in [2.75, 3.05) is 18.6 Å². The van der Waals surface area contributed by atoms with Crippen molar-refractivity contribution in [2.45, 2.75) is 26.6 Å². The van der Waals surface area contributed by atoms with Crippen molar-refractivity contribution in [3.05, 3.63) is 34.0 Å². The maximum absolute atomic E-state index is 9.03. The number of aromatic nitrogens is 4. The van der Waals surface area contributed by atoms with Crippen molar-refractivity contribution in [1.29, 1.82) is 5.26 Å². The average molecular weight is 319 g/mol. The molecule has 0 atom stereocenters. The smallest absolute Gasteiger partial charge is 0.159 e. The monoisotopic (exact) mass is 318 g/mol. The summed E-state index contributed by atoms with van der Waals surface area (Å²) in [6, 6.07) is 3.76. The summed E-state index contributed by atoms with van der Waals surface area (Å²) in [5.74, 6) is 2.37. The topological polar surface area (TPSA) is 79.9 Å². The van der Waals surface area contributed by atoms with Crippen molar-refractivity contribution in [3.8, 4) is 6.07 Å². The van der Waals surface area contributed by atoms with Crippen LogP contribution in [0.1, 0.15) is 22.9 Å². The minimum Gasteiger partial charge on any atom is -0.377 e. The highest BCUT2D eigenvalue weighted by atomic mass is 35.5. The molecule has 2 aromatic rings. The van der Waals surface area contributed by atoms with Gasteiger partial charge in [0.25, 0.3) is 0 Å². The Hall–Kier alpha value is -2.17. The highest BCUT2D eigenvalue weighted by molar-refractivity contribution is 6.33. The van der Waals surface area contributed by atoms with Crippen LogP contribution in [0.25, 0.3) is 0 Å². The molecule has 0 bridgehead atoms. The van der Waals surface area contributed by atoms with Gasteiger partial charge in [-0.2, -0.15) is 5.26 Å². The lowest BCUT2D eigenvalue weighted by Crippen LogP contribution is -2.35. The van der Waals surface area contributed by atoms with Gasteiger partial charge in [0.1, 0.15) is 18.5 Å². The van der Waals surface area contributed by atoms with E-state index in [2.05, 4.69) is 30.7 Å². The molecule has 22 heavy (non-hydrogen) atoms. The molecular weight excluding hydrogens is 304 g/mol. The maximum Gasteiger partial charge on any atom is 0.159 e. The summed E-state index contributed by atoms with van der Waals surface area (Å²) < 4.78 is 7.18. The first-order valence-electron chi connectivity index (χ1n) is 6.86. The molecule has 2 aromatic heterocycles. The van der Waals surface area contributed by atoms with E-state index in [-0.39, 0.29) is 0 Å². The van der Waals surface area contributed by atoms with Crippen LogP contribution in [0, 0.1) is 18.3 Å². The molecule has 0 radical (unpaired) electrons. The van der Waals surface area contributed by atoms with E-state index in [1.54, 1.807) is 13.2 Å².